The molecule has 0 aliphatic heterocycles. The number of unbranched alkanes of at least 4 members (excludes halogenated alkanes) is 7. The standard InChI is InChI=1S/C12H22BrF3S/c13-11(17)9-7-5-3-1-2-4-6-8-10-12(14,15)16/h11,17H,1-10H2. The molecule has 0 fully saturated rings. The van der Waals surface area contributed by atoms with E-state index in [0.29, 0.717) is 10.6 Å². The molecule has 0 aromatic heterocycles. The molecule has 104 valence electrons. The van der Waals surface area contributed by atoms with Crippen LogP contribution in [0.1, 0.15) is 64.2 Å². The van der Waals surface area contributed by atoms with Gasteiger partial charge in [0.05, 0.1) is 4.16 Å². The Labute approximate surface area is 116 Å². The molecule has 0 aliphatic rings. The molecule has 0 nitrogen and oxygen atoms in total. The van der Waals surface area contributed by atoms with Gasteiger partial charge in [-0.2, -0.15) is 25.8 Å². The Balaban J connectivity index is 3.04. The second-order valence-corrected chi connectivity index (χ2v) is 6.85. The van der Waals surface area contributed by atoms with Crippen LogP contribution >= 0.6 is 28.6 Å². The van der Waals surface area contributed by atoms with Crippen LogP contribution in [0.5, 0.6) is 0 Å². The van der Waals surface area contributed by atoms with Gasteiger partial charge in [-0.1, -0.05) is 60.9 Å². The van der Waals surface area contributed by atoms with Crippen molar-refractivity contribution in [2.45, 2.75) is 74.5 Å². The fourth-order valence-electron chi connectivity index (χ4n) is 1.70. The van der Waals surface area contributed by atoms with Crippen molar-refractivity contribution in [2.24, 2.45) is 0 Å². The van der Waals surface area contributed by atoms with Gasteiger partial charge < -0.3 is 0 Å². The van der Waals surface area contributed by atoms with E-state index in [9.17, 15) is 13.2 Å². The summed E-state index contributed by atoms with van der Waals surface area (Å²) in [4.78, 5) is 0. The smallest absolute Gasteiger partial charge is 0.171 e. The molecule has 0 saturated heterocycles. The normalized spacial score (nSPS) is 13.9. The van der Waals surface area contributed by atoms with Crippen LogP contribution in [0, 0.1) is 0 Å². The summed E-state index contributed by atoms with van der Waals surface area (Å²) in [6.45, 7) is 0. The molecule has 0 aliphatic carbocycles. The van der Waals surface area contributed by atoms with Crippen molar-refractivity contribution in [1.29, 1.82) is 0 Å². The third-order valence-electron chi connectivity index (χ3n) is 2.65. The van der Waals surface area contributed by atoms with Gasteiger partial charge in [-0.05, 0) is 12.8 Å². The van der Waals surface area contributed by atoms with Gasteiger partial charge in [-0.3, -0.25) is 0 Å². The molecule has 5 heteroatoms. The predicted molar refractivity (Wildman–Crippen MR) is 73.9 cm³/mol. The number of hydrogen-bond acceptors (Lipinski definition) is 1. The van der Waals surface area contributed by atoms with E-state index in [2.05, 4.69) is 28.6 Å². The fourth-order valence-corrected chi connectivity index (χ4v) is 2.21. The Morgan fingerprint density at radius 1 is 0.824 bits per heavy atom. The lowest BCUT2D eigenvalue weighted by Gasteiger charge is -2.05. The Kier molecular flexibility index (Phi) is 10.9. The zero-order valence-electron chi connectivity index (χ0n) is 10.1. The minimum atomic E-state index is -3.97. The average Bonchev–Trinajstić information content (AvgIpc) is 2.18. The van der Waals surface area contributed by atoms with Gasteiger partial charge in [-0.15, -0.1) is 0 Å². The van der Waals surface area contributed by atoms with Crippen molar-refractivity contribution in [1.82, 2.24) is 0 Å². The highest BCUT2D eigenvalue weighted by molar-refractivity contribution is 9.11. The molecule has 0 heterocycles. The van der Waals surface area contributed by atoms with Crippen molar-refractivity contribution in [2.75, 3.05) is 0 Å². The highest BCUT2D eigenvalue weighted by Crippen LogP contribution is 2.23. The highest BCUT2D eigenvalue weighted by Gasteiger charge is 2.25. The fraction of sp³-hybridized carbons (Fsp3) is 1.00. The Hall–Kier alpha value is 0.620. The molecular formula is C12H22BrF3S. The zero-order chi connectivity index (χ0) is 13.1. The van der Waals surface area contributed by atoms with Crippen molar-refractivity contribution < 1.29 is 13.2 Å². The van der Waals surface area contributed by atoms with E-state index >= 15 is 0 Å². The minimum absolute atomic E-state index is 0.286. The third kappa shape index (κ3) is 16.6. The van der Waals surface area contributed by atoms with Gasteiger partial charge in [0.15, 0.2) is 0 Å². The molecule has 0 bridgehead atoms. The second kappa shape index (κ2) is 10.5. The summed E-state index contributed by atoms with van der Waals surface area (Å²) in [6, 6.07) is 0. The summed E-state index contributed by atoms with van der Waals surface area (Å²) in [5, 5.41) is 0. The van der Waals surface area contributed by atoms with Gasteiger partial charge in [0.1, 0.15) is 0 Å². The summed E-state index contributed by atoms with van der Waals surface area (Å²) < 4.78 is 35.8. The van der Waals surface area contributed by atoms with Crippen LogP contribution in [0.2, 0.25) is 0 Å². The van der Waals surface area contributed by atoms with E-state index in [1.165, 1.54) is 19.3 Å². The monoisotopic (exact) mass is 334 g/mol. The Morgan fingerprint density at radius 2 is 1.24 bits per heavy atom. The SMILES string of the molecule is FC(F)(F)CCCCCCCCCCC(S)Br. The van der Waals surface area contributed by atoms with E-state index in [0.717, 1.165) is 25.7 Å². The molecule has 0 radical (unpaired) electrons. The van der Waals surface area contributed by atoms with Crippen LogP contribution in [0.4, 0.5) is 13.2 Å². The second-order valence-electron chi connectivity index (χ2n) is 4.42. The number of thiol groups is 1. The van der Waals surface area contributed by atoms with Crippen LogP contribution in [0.3, 0.4) is 0 Å². The van der Waals surface area contributed by atoms with E-state index in [1.807, 2.05) is 0 Å². The van der Waals surface area contributed by atoms with Gasteiger partial charge >= 0.3 is 6.18 Å². The number of halogens is 4. The number of rotatable bonds is 10. The van der Waals surface area contributed by atoms with Crippen molar-refractivity contribution >= 4 is 28.6 Å². The van der Waals surface area contributed by atoms with Crippen LogP contribution in [0.15, 0.2) is 0 Å². The van der Waals surface area contributed by atoms with Gasteiger partial charge in [0, 0.05) is 6.42 Å². The molecule has 0 N–H and O–H groups in total. The first kappa shape index (κ1) is 17.6. The van der Waals surface area contributed by atoms with Crippen molar-refractivity contribution in [3.63, 3.8) is 0 Å². The molecule has 0 aromatic carbocycles. The van der Waals surface area contributed by atoms with E-state index < -0.39 is 12.6 Å². The van der Waals surface area contributed by atoms with Crippen LogP contribution in [-0.4, -0.2) is 10.3 Å². The summed E-state index contributed by atoms with van der Waals surface area (Å²) in [5.74, 6) is 0. The van der Waals surface area contributed by atoms with Gasteiger partial charge in [0.25, 0.3) is 0 Å². The number of alkyl halides is 4. The van der Waals surface area contributed by atoms with Crippen LogP contribution in [0.25, 0.3) is 0 Å². The first-order chi connectivity index (χ1) is 7.92. The first-order valence-corrected chi connectivity index (χ1v) is 7.74. The predicted octanol–water partition coefficient (Wildman–Crippen LogP) is 6.10. The molecule has 1 unspecified atom stereocenters. The van der Waals surface area contributed by atoms with Crippen molar-refractivity contribution in [3.05, 3.63) is 0 Å². The Bertz CT molecular complexity index is 172. The summed E-state index contributed by atoms with van der Waals surface area (Å²) >= 11 is 7.60. The zero-order valence-corrected chi connectivity index (χ0v) is 12.6. The lowest BCUT2D eigenvalue weighted by atomic mass is 10.1. The summed E-state index contributed by atoms with van der Waals surface area (Å²) in [7, 11) is 0. The molecule has 0 saturated carbocycles. The molecule has 17 heavy (non-hydrogen) atoms. The molecule has 0 rings (SSSR count). The molecule has 1 atom stereocenters. The first-order valence-electron chi connectivity index (χ1n) is 6.31. The van der Waals surface area contributed by atoms with Gasteiger partial charge in [0.2, 0.25) is 0 Å². The van der Waals surface area contributed by atoms with Crippen LogP contribution < -0.4 is 0 Å². The summed E-state index contributed by atoms with van der Waals surface area (Å²) in [5.41, 5.74) is 0. The van der Waals surface area contributed by atoms with E-state index in [4.69, 9.17) is 0 Å². The summed E-state index contributed by atoms with van der Waals surface area (Å²) in [6.07, 6.45) is 4.18. The number of hydrogen-bond donors (Lipinski definition) is 1. The topological polar surface area (TPSA) is 0 Å². The maximum Gasteiger partial charge on any atom is 0.389 e. The molecule has 0 amide bonds. The maximum atomic E-state index is 11.8. The lowest BCUT2D eigenvalue weighted by Crippen LogP contribution is -2.06. The Morgan fingerprint density at radius 3 is 1.65 bits per heavy atom. The quantitative estimate of drug-likeness (QED) is 0.278. The highest BCUT2D eigenvalue weighted by atomic mass is 79.9. The molecule has 0 spiro atoms. The maximum absolute atomic E-state index is 11.8. The molecule has 0 aromatic rings. The average molecular weight is 335 g/mol. The van der Waals surface area contributed by atoms with Gasteiger partial charge in [-0.25, -0.2) is 0 Å². The van der Waals surface area contributed by atoms with E-state index in [-0.39, 0.29) is 6.42 Å². The molecular weight excluding hydrogens is 313 g/mol. The minimum Gasteiger partial charge on any atom is -0.171 e. The van der Waals surface area contributed by atoms with Crippen LogP contribution in [-0.2, 0) is 0 Å². The van der Waals surface area contributed by atoms with E-state index in [1.54, 1.807) is 0 Å². The van der Waals surface area contributed by atoms with Crippen molar-refractivity contribution in [3.8, 4) is 0 Å². The third-order valence-corrected chi connectivity index (χ3v) is 3.37. The lowest BCUT2D eigenvalue weighted by molar-refractivity contribution is -0.135. The largest absolute Gasteiger partial charge is 0.389 e.